The maximum atomic E-state index is 6.15. The zero-order valence-electron chi connectivity index (χ0n) is 11.2. The van der Waals surface area contributed by atoms with Crippen LogP contribution in [0.15, 0.2) is 18.2 Å². The van der Waals surface area contributed by atoms with Crippen LogP contribution < -0.4 is 10.1 Å². The highest BCUT2D eigenvalue weighted by molar-refractivity contribution is 5.37. The lowest BCUT2D eigenvalue weighted by atomic mass is 9.90. The summed E-state index contributed by atoms with van der Waals surface area (Å²) >= 11 is 0. The van der Waals surface area contributed by atoms with E-state index in [0.29, 0.717) is 12.5 Å². The Bertz CT molecular complexity index is 440. The molecule has 1 N–H and O–H groups in total. The van der Waals surface area contributed by atoms with E-state index in [9.17, 15) is 0 Å². The number of nitrogens with one attached hydrogen (secondary N) is 1. The molecule has 1 fully saturated rings. The molecule has 2 heterocycles. The summed E-state index contributed by atoms with van der Waals surface area (Å²) in [5.74, 6) is 0.941. The van der Waals surface area contributed by atoms with Crippen LogP contribution >= 0.6 is 0 Å². The fraction of sp³-hybridized carbons (Fsp3) is 0.600. The number of rotatable bonds is 1. The highest BCUT2D eigenvalue weighted by Crippen LogP contribution is 2.37. The number of hydrogen-bond acceptors (Lipinski definition) is 3. The maximum absolute atomic E-state index is 6.15. The molecule has 1 saturated heterocycles. The van der Waals surface area contributed by atoms with E-state index in [1.807, 2.05) is 0 Å². The van der Waals surface area contributed by atoms with E-state index in [-0.39, 0.29) is 0 Å². The van der Waals surface area contributed by atoms with Crippen LogP contribution in [0.1, 0.15) is 30.9 Å². The van der Waals surface area contributed by atoms with Crippen LogP contribution in [0, 0.1) is 12.8 Å². The quantitative estimate of drug-likeness (QED) is 0.827. The molecule has 1 aromatic rings. The molecule has 0 aromatic heterocycles. The van der Waals surface area contributed by atoms with Crippen molar-refractivity contribution in [1.82, 2.24) is 5.32 Å². The minimum atomic E-state index is -0.477. The summed E-state index contributed by atoms with van der Waals surface area (Å²) in [6.07, 6.45) is 2.37. The van der Waals surface area contributed by atoms with Crippen molar-refractivity contribution in [1.29, 1.82) is 0 Å². The summed E-state index contributed by atoms with van der Waals surface area (Å²) in [5, 5.41) is 3.43. The van der Waals surface area contributed by atoms with Gasteiger partial charge in [-0.25, -0.2) is 0 Å². The monoisotopic (exact) mass is 247 g/mol. The van der Waals surface area contributed by atoms with Crippen molar-refractivity contribution in [2.24, 2.45) is 5.92 Å². The summed E-state index contributed by atoms with van der Waals surface area (Å²) < 4.78 is 12.2. The van der Waals surface area contributed by atoms with Crippen LogP contribution in [0.5, 0.6) is 5.75 Å². The minimum Gasteiger partial charge on any atom is -0.462 e. The predicted molar refractivity (Wildman–Crippen MR) is 70.6 cm³/mol. The second-order valence-electron chi connectivity index (χ2n) is 5.56. The second-order valence-corrected chi connectivity index (χ2v) is 5.56. The molecule has 0 saturated carbocycles. The molecule has 3 nitrogen and oxygen atoms in total. The molecule has 1 aromatic carbocycles. The molecule has 0 amide bonds. The molecule has 0 aliphatic carbocycles. The molecule has 2 aliphatic rings. The topological polar surface area (TPSA) is 30.5 Å². The average Bonchev–Trinajstić information content (AvgIpc) is 2.40. The molecule has 0 radical (unpaired) electrons. The first kappa shape index (κ1) is 12.0. The molecular weight excluding hydrogens is 226 g/mol. The van der Waals surface area contributed by atoms with Crippen molar-refractivity contribution in [2.45, 2.75) is 39.1 Å². The Hall–Kier alpha value is -1.06. The van der Waals surface area contributed by atoms with Gasteiger partial charge in [0.25, 0.3) is 0 Å². The Kier molecular flexibility index (Phi) is 3.04. The van der Waals surface area contributed by atoms with Crippen molar-refractivity contribution in [3.8, 4) is 5.75 Å². The summed E-state index contributed by atoms with van der Waals surface area (Å²) in [7, 11) is 0. The number of fused-ring (bicyclic) bond motifs is 1. The smallest absolute Gasteiger partial charge is 0.212 e. The van der Waals surface area contributed by atoms with Gasteiger partial charge >= 0.3 is 0 Å². The van der Waals surface area contributed by atoms with Crippen molar-refractivity contribution >= 4 is 0 Å². The fourth-order valence-electron chi connectivity index (χ4n) is 2.89. The van der Waals surface area contributed by atoms with Gasteiger partial charge in [-0.05, 0) is 32.4 Å². The molecule has 2 aliphatic heterocycles. The Morgan fingerprint density at radius 2 is 2.28 bits per heavy atom. The Morgan fingerprint density at radius 3 is 3.06 bits per heavy atom. The normalized spacial score (nSPS) is 31.6. The molecule has 3 rings (SSSR count). The standard InChI is InChI=1S/C15H21NO2/c1-11-5-6-14-12(8-11)10-17-15(2,18-14)13-4-3-7-16-9-13/h5-6,8,13,16H,3-4,7,9-10H2,1-2H3. The van der Waals surface area contributed by atoms with Gasteiger partial charge in [0.05, 0.1) is 6.61 Å². The first-order valence-corrected chi connectivity index (χ1v) is 6.80. The van der Waals surface area contributed by atoms with Gasteiger partial charge in [0, 0.05) is 24.9 Å². The maximum Gasteiger partial charge on any atom is 0.212 e. The number of ether oxygens (including phenoxy) is 2. The largest absolute Gasteiger partial charge is 0.462 e. The predicted octanol–water partition coefficient (Wildman–Crippen LogP) is 2.62. The molecule has 0 spiro atoms. The van der Waals surface area contributed by atoms with Crippen LogP contribution in [0.2, 0.25) is 0 Å². The molecular formula is C15H21NO2. The summed E-state index contributed by atoms with van der Waals surface area (Å²) in [4.78, 5) is 0. The van der Waals surface area contributed by atoms with Gasteiger partial charge in [0.1, 0.15) is 5.75 Å². The zero-order chi connectivity index (χ0) is 12.6. The third kappa shape index (κ3) is 2.13. The molecule has 3 heteroatoms. The van der Waals surface area contributed by atoms with E-state index in [4.69, 9.17) is 9.47 Å². The lowest BCUT2D eigenvalue weighted by molar-refractivity contribution is -0.228. The van der Waals surface area contributed by atoms with Gasteiger partial charge in [-0.2, -0.15) is 0 Å². The van der Waals surface area contributed by atoms with Gasteiger partial charge in [0.15, 0.2) is 0 Å². The van der Waals surface area contributed by atoms with E-state index < -0.39 is 5.79 Å². The first-order valence-electron chi connectivity index (χ1n) is 6.80. The molecule has 2 unspecified atom stereocenters. The fourth-order valence-corrected chi connectivity index (χ4v) is 2.89. The summed E-state index contributed by atoms with van der Waals surface area (Å²) in [6, 6.07) is 6.32. The number of hydrogen-bond donors (Lipinski definition) is 1. The third-order valence-electron chi connectivity index (χ3n) is 4.08. The highest BCUT2D eigenvalue weighted by Gasteiger charge is 2.41. The van der Waals surface area contributed by atoms with E-state index in [1.54, 1.807) is 0 Å². The van der Waals surface area contributed by atoms with Crippen LogP contribution in [-0.4, -0.2) is 18.9 Å². The lowest BCUT2D eigenvalue weighted by Gasteiger charge is -2.42. The van der Waals surface area contributed by atoms with Gasteiger partial charge in [-0.1, -0.05) is 17.7 Å². The molecule has 0 bridgehead atoms. The van der Waals surface area contributed by atoms with E-state index in [0.717, 1.165) is 24.4 Å². The number of aryl methyl sites for hydroxylation is 1. The van der Waals surface area contributed by atoms with E-state index in [2.05, 4.69) is 37.4 Å². The van der Waals surface area contributed by atoms with Crippen molar-refractivity contribution < 1.29 is 9.47 Å². The van der Waals surface area contributed by atoms with Crippen molar-refractivity contribution in [3.63, 3.8) is 0 Å². The van der Waals surface area contributed by atoms with Crippen LogP contribution in [0.3, 0.4) is 0 Å². The average molecular weight is 247 g/mol. The first-order chi connectivity index (χ1) is 8.67. The molecule has 18 heavy (non-hydrogen) atoms. The van der Waals surface area contributed by atoms with Crippen molar-refractivity contribution in [2.75, 3.05) is 13.1 Å². The van der Waals surface area contributed by atoms with Gasteiger partial charge in [-0.15, -0.1) is 0 Å². The second kappa shape index (κ2) is 4.56. The van der Waals surface area contributed by atoms with Gasteiger partial charge in [0.2, 0.25) is 5.79 Å². The minimum absolute atomic E-state index is 0.431. The van der Waals surface area contributed by atoms with Gasteiger partial charge < -0.3 is 14.8 Å². The van der Waals surface area contributed by atoms with Crippen LogP contribution in [0.25, 0.3) is 0 Å². The molecule has 98 valence electrons. The van der Waals surface area contributed by atoms with Crippen LogP contribution in [0.4, 0.5) is 0 Å². The Morgan fingerprint density at radius 1 is 1.39 bits per heavy atom. The van der Waals surface area contributed by atoms with Crippen LogP contribution in [-0.2, 0) is 11.3 Å². The summed E-state index contributed by atoms with van der Waals surface area (Å²) in [6.45, 7) is 6.93. The summed E-state index contributed by atoms with van der Waals surface area (Å²) in [5.41, 5.74) is 2.42. The lowest BCUT2D eigenvalue weighted by Crippen LogP contribution is -2.51. The van der Waals surface area contributed by atoms with E-state index >= 15 is 0 Å². The Labute approximate surface area is 108 Å². The zero-order valence-corrected chi connectivity index (χ0v) is 11.2. The van der Waals surface area contributed by atoms with Crippen molar-refractivity contribution in [3.05, 3.63) is 29.3 Å². The number of benzene rings is 1. The van der Waals surface area contributed by atoms with Gasteiger partial charge in [-0.3, -0.25) is 0 Å². The van der Waals surface area contributed by atoms with E-state index in [1.165, 1.54) is 18.4 Å². The SMILES string of the molecule is Cc1ccc2c(c1)COC(C)(C1CCCNC1)O2. The molecule has 2 atom stereocenters. The number of piperidine rings is 1. The third-order valence-corrected chi connectivity index (χ3v) is 4.08. The highest BCUT2D eigenvalue weighted by atomic mass is 16.7. The Balaban J connectivity index is 1.82.